The van der Waals surface area contributed by atoms with Gasteiger partial charge in [0.1, 0.15) is 10.0 Å². The van der Waals surface area contributed by atoms with Crippen LogP contribution in [0.3, 0.4) is 0 Å². The summed E-state index contributed by atoms with van der Waals surface area (Å²) in [7, 11) is -3.67. The summed E-state index contributed by atoms with van der Waals surface area (Å²) in [6, 6.07) is 3.11. The first-order chi connectivity index (χ1) is 9.97. The minimum Gasteiger partial charge on any atom is -0.242 e. The Labute approximate surface area is 137 Å². The van der Waals surface area contributed by atoms with Gasteiger partial charge in [-0.1, -0.05) is 23.2 Å². The standard InChI is InChI=1S/C13H12Cl2N2O2S2/c14-10-6-8(7-16-13(10)15)21(18,19)17-11-2-1-3-12-9(11)4-5-20-12/h4-7,11,17H,1-3H2. The number of nitrogens with one attached hydrogen (secondary N) is 1. The molecule has 1 aliphatic carbocycles. The van der Waals surface area contributed by atoms with Gasteiger partial charge in [-0.25, -0.2) is 18.1 Å². The Balaban J connectivity index is 1.89. The number of nitrogens with zero attached hydrogens (tertiary/aromatic N) is 1. The van der Waals surface area contributed by atoms with Crippen molar-refractivity contribution in [2.45, 2.75) is 30.2 Å². The molecule has 21 heavy (non-hydrogen) atoms. The smallest absolute Gasteiger partial charge is 0.242 e. The van der Waals surface area contributed by atoms with Crippen LogP contribution in [-0.2, 0) is 16.4 Å². The number of aryl methyl sites for hydroxylation is 1. The van der Waals surface area contributed by atoms with Crippen LogP contribution in [0.25, 0.3) is 0 Å². The molecule has 0 radical (unpaired) electrons. The van der Waals surface area contributed by atoms with E-state index in [0.717, 1.165) is 24.8 Å². The fraction of sp³-hybridized carbons (Fsp3) is 0.308. The molecule has 0 amide bonds. The van der Waals surface area contributed by atoms with E-state index in [1.807, 2.05) is 11.4 Å². The molecule has 2 aromatic heterocycles. The highest BCUT2D eigenvalue weighted by molar-refractivity contribution is 7.89. The van der Waals surface area contributed by atoms with E-state index in [1.165, 1.54) is 17.1 Å². The van der Waals surface area contributed by atoms with E-state index in [9.17, 15) is 8.42 Å². The fourth-order valence-corrected chi connectivity index (χ4v) is 4.96. The van der Waals surface area contributed by atoms with Crippen molar-refractivity contribution in [2.75, 3.05) is 0 Å². The molecule has 0 saturated heterocycles. The molecule has 3 rings (SSSR count). The highest BCUT2D eigenvalue weighted by atomic mass is 35.5. The van der Waals surface area contributed by atoms with Gasteiger partial charge in [0.25, 0.3) is 0 Å². The molecule has 0 aliphatic heterocycles. The van der Waals surface area contributed by atoms with Crippen molar-refractivity contribution in [3.8, 4) is 0 Å². The van der Waals surface area contributed by atoms with Gasteiger partial charge in [0.05, 0.1) is 5.02 Å². The van der Waals surface area contributed by atoms with Gasteiger partial charge >= 0.3 is 0 Å². The number of hydrogen-bond acceptors (Lipinski definition) is 4. The van der Waals surface area contributed by atoms with Crippen molar-refractivity contribution in [3.63, 3.8) is 0 Å². The third-order valence-corrected chi connectivity index (χ3v) is 6.55. The molecule has 1 atom stereocenters. The van der Waals surface area contributed by atoms with E-state index in [0.29, 0.717) is 0 Å². The number of aromatic nitrogens is 1. The van der Waals surface area contributed by atoms with Crippen molar-refractivity contribution in [1.29, 1.82) is 0 Å². The zero-order chi connectivity index (χ0) is 15.0. The largest absolute Gasteiger partial charge is 0.242 e. The van der Waals surface area contributed by atoms with Crippen molar-refractivity contribution in [1.82, 2.24) is 9.71 Å². The first-order valence-electron chi connectivity index (χ1n) is 6.37. The zero-order valence-corrected chi connectivity index (χ0v) is 14.0. The van der Waals surface area contributed by atoms with Crippen LogP contribution in [-0.4, -0.2) is 13.4 Å². The minimum absolute atomic E-state index is 0.0271. The molecule has 0 aromatic carbocycles. The molecule has 1 unspecified atom stereocenters. The number of thiophene rings is 1. The molecule has 0 bridgehead atoms. The van der Waals surface area contributed by atoms with Gasteiger partial charge in [0.15, 0.2) is 0 Å². The summed E-state index contributed by atoms with van der Waals surface area (Å²) < 4.78 is 27.6. The number of fused-ring (bicyclic) bond motifs is 1. The SMILES string of the molecule is O=S(=O)(NC1CCCc2sccc21)c1cnc(Cl)c(Cl)c1. The molecule has 0 spiro atoms. The van der Waals surface area contributed by atoms with E-state index in [1.54, 1.807) is 11.3 Å². The van der Waals surface area contributed by atoms with Crippen LogP contribution in [0.2, 0.25) is 10.2 Å². The van der Waals surface area contributed by atoms with Crippen LogP contribution in [0.4, 0.5) is 0 Å². The van der Waals surface area contributed by atoms with E-state index in [2.05, 4.69) is 9.71 Å². The highest BCUT2D eigenvalue weighted by Gasteiger charge is 2.27. The third-order valence-electron chi connectivity index (χ3n) is 3.43. The Morgan fingerprint density at radius 1 is 1.38 bits per heavy atom. The summed E-state index contributed by atoms with van der Waals surface area (Å²) in [4.78, 5) is 5.07. The Morgan fingerprint density at radius 3 is 2.95 bits per heavy atom. The summed E-state index contributed by atoms with van der Waals surface area (Å²) in [5.41, 5.74) is 1.07. The van der Waals surface area contributed by atoms with E-state index in [-0.39, 0.29) is 21.1 Å². The van der Waals surface area contributed by atoms with Crippen LogP contribution in [0.15, 0.2) is 28.6 Å². The van der Waals surface area contributed by atoms with Gasteiger partial charge in [-0.2, -0.15) is 0 Å². The molecule has 2 aromatic rings. The average molecular weight is 363 g/mol. The van der Waals surface area contributed by atoms with Crippen molar-refractivity contribution < 1.29 is 8.42 Å². The molecule has 8 heteroatoms. The van der Waals surface area contributed by atoms with E-state index < -0.39 is 10.0 Å². The van der Waals surface area contributed by atoms with Crippen LogP contribution in [0.5, 0.6) is 0 Å². The number of halogens is 2. The zero-order valence-electron chi connectivity index (χ0n) is 10.8. The van der Waals surface area contributed by atoms with Gasteiger partial charge in [-0.05, 0) is 42.3 Å². The van der Waals surface area contributed by atoms with Crippen LogP contribution in [0, 0.1) is 0 Å². The number of sulfonamides is 1. The highest BCUT2D eigenvalue weighted by Crippen LogP contribution is 2.34. The molecule has 0 saturated carbocycles. The molecule has 0 fully saturated rings. The van der Waals surface area contributed by atoms with Gasteiger partial charge in [0, 0.05) is 17.1 Å². The monoisotopic (exact) mass is 362 g/mol. The molecule has 2 heterocycles. The first-order valence-corrected chi connectivity index (χ1v) is 9.49. The number of pyridine rings is 1. The van der Waals surface area contributed by atoms with Gasteiger partial charge in [-0.3, -0.25) is 0 Å². The van der Waals surface area contributed by atoms with E-state index >= 15 is 0 Å². The summed E-state index contributed by atoms with van der Waals surface area (Å²) in [5.74, 6) is 0. The maximum Gasteiger partial charge on any atom is 0.242 e. The predicted molar refractivity (Wildman–Crippen MR) is 84.6 cm³/mol. The van der Waals surface area contributed by atoms with Crippen molar-refractivity contribution in [2.24, 2.45) is 0 Å². The molecule has 4 nitrogen and oxygen atoms in total. The summed E-state index contributed by atoms with van der Waals surface area (Å²) in [6.45, 7) is 0. The maximum absolute atomic E-state index is 12.4. The average Bonchev–Trinajstić information content (AvgIpc) is 2.91. The predicted octanol–water partition coefficient (Wildman–Crippen LogP) is 3.81. The molecule has 1 N–H and O–H groups in total. The normalized spacial score (nSPS) is 18.5. The second kappa shape index (κ2) is 5.85. The quantitative estimate of drug-likeness (QED) is 0.844. The van der Waals surface area contributed by atoms with Gasteiger partial charge in [-0.15, -0.1) is 11.3 Å². The molecular formula is C13H12Cl2N2O2S2. The maximum atomic E-state index is 12.4. The lowest BCUT2D eigenvalue weighted by atomic mass is 9.95. The second-order valence-electron chi connectivity index (χ2n) is 4.81. The number of hydrogen-bond donors (Lipinski definition) is 1. The van der Waals surface area contributed by atoms with Gasteiger partial charge < -0.3 is 0 Å². The molecule has 1 aliphatic rings. The first kappa shape index (κ1) is 15.2. The lowest BCUT2D eigenvalue weighted by Crippen LogP contribution is -2.30. The Hall–Kier alpha value is -0.660. The van der Waals surface area contributed by atoms with Crippen LogP contribution < -0.4 is 4.72 Å². The second-order valence-corrected chi connectivity index (χ2v) is 8.29. The van der Waals surface area contributed by atoms with E-state index in [4.69, 9.17) is 23.2 Å². The Morgan fingerprint density at radius 2 is 2.19 bits per heavy atom. The molecule has 112 valence electrons. The Bertz CT molecular complexity index is 774. The lowest BCUT2D eigenvalue weighted by molar-refractivity contribution is 0.511. The van der Waals surface area contributed by atoms with Crippen LogP contribution in [0.1, 0.15) is 29.3 Å². The Kier molecular flexibility index (Phi) is 4.25. The third kappa shape index (κ3) is 3.10. The summed E-state index contributed by atoms with van der Waals surface area (Å²) in [6.07, 6.45) is 3.99. The summed E-state index contributed by atoms with van der Waals surface area (Å²) >= 11 is 13.2. The van der Waals surface area contributed by atoms with Crippen molar-refractivity contribution >= 4 is 44.6 Å². The topological polar surface area (TPSA) is 59.1 Å². The van der Waals surface area contributed by atoms with Crippen LogP contribution >= 0.6 is 34.5 Å². The summed E-state index contributed by atoms with van der Waals surface area (Å²) in [5, 5.41) is 2.21. The lowest BCUT2D eigenvalue weighted by Gasteiger charge is -2.23. The minimum atomic E-state index is -3.67. The molecular weight excluding hydrogens is 351 g/mol. The van der Waals surface area contributed by atoms with Gasteiger partial charge in [0.2, 0.25) is 10.0 Å². The van der Waals surface area contributed by atoms with Crippen molar-refractivity contribution in [3.05, 3.63) is 44.3 Å². The number of rotatable bonds is 3. The fourth-order valence-electron chi connectivity index (χ4n) is 2.41.